The summed E-state index contributed by atoms with van der Waals surface area (Å²) in [6.07, 6.45) is 0. The maximum absolute atomic E-state index is 14.4. The summed E-state index contributed by atoms with van der Waals surface area (Å²) in [6.45, 7) is 1.49. The molecule has 0 aliphatic rings. The van der Waals surface area contributed by atoms with Crippen molar-refractivity contribution in [3.63, 3.8) is 0 Å². The highest BCUT2D eigenvalue weighted by atomic mass is 32.2. The molecule has 0 saturated carbocycles. The summed E-state index contributed by atoms with van der Waals surface area (Å²) in [5.41, 5.74) is 0.432. The molecule has 0 aliphatic carbocycles. The van der Waals surface area contributed by atoms with E-state index in [0.717, 1.165) is 18.2 Å². The molecule has 3 aromatic rings. The Labute approximate surface area is 178 Å². The first kappa shape index (κ1) is 22.6. The summed E-state index contributed by atoms with van der Waals surface area (Å²) >= 11 is 0. The van der Waals surface area contributed by atoms with E-state index in [1.165, 1.54) is 51.5 Å². The second-order valence-corrected chi connectivity index (χ2v) is 8.40. The molecule has 0 amide bonds. The van der Waals surface area contributed by atoms with Crippen molar-refractivity contribution in [1.82, 2.24) is 4.72 Å². The fraction of sp³-hybridized carbons (Fsp3) is 0.182. The lowest BCUT2D eigenvalue weighted by atomic mass is 9.95. The number of nitrogens with one attached hydrogen (secondary N) is 1. The largest absolute Gasteiger partial charge is 0.497 e. The van der Waals surface area contributed by atoms with Crippen LogP contribution in [0.25, 0.3) is 11.1 Å². The van der Waals surface area contributed by atoms with E-state index in [9.17, 15) is 21.6 Å². The Morgan fingerprint density at radius 3 is 2.10 bits per heavy atom. The van der Waals surface area contributed by atoms with Crippen molar-refractivity contribution >= 4 is 10.0 Å². The smallest absolute Gasteiger partial charge is 0.244 e. The van der Waals surface area contributed by atoms with E-state index in [-0.39, 0.29) is 27.3 Å². The van der Waals surface area contributed by atoms with E-state index in [2.05, 4.69) is 4.72 Å². The van der Waals surface area contributed by atoms with Crippen LogP contribution in [0.15, 0.2) is 59.5 Å². The molecule has 0 radical (unpaired) electrons. The van der Waals surface area contributed by atoms with Crippen molar-refractivity contribution < 1.29 is 31.1 Å². The molecule has 1 N–H and O–H groups in total. The molecule has 9 heteroatoms. The average molecular weight is 451 g/mol. The van der Waals surface area contributed by atoms with Crippen molar-refractivity contribution in [3.05, 3.63) is 77.6 Å². The van der Waals surface area contributed by atoms with Crippen LogP contribution in [0.1, 0.15) is 18.5 Å². The van der Waals surface area contributed by atoms with Gasteiger partial charge in [-0.2, -0.15) is 0 Å². The van der Waals surface area contributed by atoms with Gasteiger partial charge >= 0.3 is 0 Å². The standard InChI is InChI=1S/C22H20F3NO4S/c1-13(26-31(27,28)22-9-6-16(29-2)12-21(22)30-3)19-10-14(23)4-7-17(19)18-8-5-15(24)11-20(18)25/h4-13,26H,1-3H3. The van der Waals surface area contributed by atoms with E-state index in [1.54, 1.807) is 0 Å². The first-order chi connectivity index (χ1) is 14.7. The van der Waals surface area contributed by atoms with Crippen LogP contribution >= 0.6 is 0 Å². The molecule has 1 atom stereocenters. The van der Waals surface area contributed by atoms with Crippen molar-refractivity contribution in [1.29, 1.82) is 0 Å². The third-order valence-electron chi connectivity index (χ3n) is 4.69. The van der Waals surface area contributed by atoms with Gasteiger partial charge in [-0.15, -0.1) is 0 Å². The Hall–Kier alpha value is -3.04. The summed E-state index contributed by atoms with van der Waals surface area (Å²) in [5, 5.41) is 0. The Balaban J connectivity index is 2.02. The number of rotatable bonds is 7. The predicted octanol–water partition coefficient (Wildman–Crippen LogP) is 4.83. The third kappa shape index (κ3) is 4.83. The first-order valence-electron chi connectivity index (χ1n) is 9.15. The lowest BCUT2D eigenvalue weighted by Crippen LogP contribution is -2.27. The van der Waals surface area contributed by atoms with Gasteiger partial charge in [-0.25, -0.2) is 26.3 Å². The van der Waals surface area contributed by atoms with Gasteiger partial charge < -0.3 is 9.47 Å². The molecule has 1 unspecified atom stereocenters. The fourth-order valence-electron chi connectivity index (χ4n) is 3.20. The monoisotopic (exact) mass is 451 g/mol. The van der Waals surface area contributed by atoms with Crippen molar-refractivity contribution in [3.8, 4) is 22.6 Å². The number of hydrogen-bond donors (Lipinski definition) is 1. The van der Waals surface area contributed by atoms with E-state index >= 15 is 0 Å². The summed E-state index contributed by atoms with van der Waals surface area (Å²) in [6, 6.07) is 9.79. The van der Waals surface area contributed by atoms with E-state index in [1.807, 2.05) is 0 Å². The Bertz CT molecular complexity index is 1220. The number of ether oxygens (including phenoxy) is 2. The van der Waals surface area contributed by atoms with Gasteiger partial charge in [0, 0.05) is 23.7 Å². The minimum absolute atomic E-state index is 0.0180. The lowest BCUT2D eigenvalue weighted by molar-refractivity contribution is 0.385. The van der Waals surface area contributed by atoms with E-state index in [0.29, 0.717) is 11.8 Å². The average Bonchev–Trinajstić information content (AvgIpc) is 2.73. The van der Waals surface area contributed by atoms with Crippen LogP contribution in [0.5, 0.6) is 11.5 Å². The molecule has 3 aromatic carbocycles. The van der Waals surface area contributed by atoms with Gasteiger partial charge in [0.15, 0.2) is 0 Å². The van der Waals surface area contributed by atoms with Crippen LogP contribution in [-0.4, -0.2) is 22.6 Å². The van der Waals surface area contributed by atoms with Gasteiger partial charge in [0.05, 0.1) is 14.2 Å². The zero-order chi connectivity index (χ0) is 22.8. The molecule has 0 heterocycles. The number of methoxy groups -OCH3 is 2. The molecule has 0 spiro atoms. The molecule has 0 bridgehead atoms. The Morgan fingerprint density at radius 1 is 0.839 bits per heavy atom. The van der Waals surface area contributed by atoms with Gasteiger partial charge in [-0.3, -0.25) is 0 Å². The van der Waals surface area contributed by atoms with E-state index in [4.69, 9.17) is 9.47 Å². The second-order valence-electron chi connectivity index (χ2n) is 6.72. The van der Waals surface area contributed by atoms with Crippen LogP contribution in [0, 0.1) is 17.5 Å². The van der Waals surface area contributed by atoms with Gasteiger partial charge in [-0.05, 0) is 54.4 Å². The predicted molar refractivity (Wildman–Crippen MR) is 110 cm³/mol. The molecule has 164 valence electrons. The molecule has 0 aromatic heterocycles. The molecule has 0 aliphatic heterocycles. The molecule has 3 rings (SSSR count). The zero-order valence-electron chi connectivity index (χ0n) is 16.9. The number of halogens is 3. The number of hydrogen-bond acceptors (Lipinski definition) is 4. The van der Waals surface area contributed by atoms with Crippen LogP contribution in [-0.2, 0) is 10.0 Å². The SMILES string of the molecule is COc1ccc(S(=O)(=O)NC(C)c2cc(F)ccc2-c2ccc(F)cc2F)c(OC)c1. The molecule has 31 heavy (non-hydrogen) atoms. The lowest BCUT2D eigenvalue weighted by Gasteiger charge is -2.20. The molecular weight excluding hydrogens is 431 g/mol. The highest BCUT2D eigenvalue weighted by Gasteiger charge is 2.25. The van der Waals surface area contributed by atoms with Crippen molar-refractivity contribution in [2.45, 2.75) is 17.9 Å². The zero-order valence-corrected chi connectivity index (χ0v) is 17.8. The molecule has 0 fully saturated rings. The fourth-order valence-corrected chi connectivity index (χ4v) is 4.58. The normalized spacial score (nSPS) is 12.5. The summed E-state index contributed by atoms with van der Waals surface area (Å²) in [5.74, 6) is -1.77. The maximum atomic E-state index is 14.4. The van der Waals surface area contributed by atoms with Crippen LogP contribution < -0.4 is 14.2 Å². The topological polar surface area (TPSA) is 64.6 Å². The van der Waals surface area contributed by atoms with Gasteiger partial charge in [-0.1, -0.05) is 6.07 Å². The summed E-state index contributed by atoms with van der Waals surface area (Å²) < 4.78 is 80.3. The van der Waals surface area contributed by atoms with Crippen molar-refractivity contribution in [2.75, 3.05) is 14.2 Å². The molecule has 5 nitrogen and oxygen atoms in total. The molecule has 0 saturated heterocycles. The molecular formula is C22H20F3NO4S. The highest BCUT2D eigenvalue weighted by molar-refractivity contribution is 7.89. The Kier molecular flexibility index (Phi) is 6.56. The first-order valence-corrected chi connectivity index (χ1v) is 10.6. The maximum Gasteiger partial charge on any atom is 0.244 e. The minimum atomic E-state index is -4.11. The van der Waals surface area contributed by atoms with Gasteiger partial charge in [0.25, 0.3) is 0 Å². The van der Waals surface area contributed by atoms with E-state index < -0.39 is 33.5 Å². The van der Waals surface area contributed by atoms with Gasteiger partial charge in [0.1, 0.15) is 33.8 Å². The number of sulfonamides is 1. The number of benzene rings is 3. The van der Waals surface area contributed by atoms with Crippen molar-refractivity contribution in [2.24, 2.45) is 0 Å². The third-order valence-corrected chi connectivity index (χ3v) is 6.27. The van der Waals surface area contributed by atoms with Gasteiger partial charge in [0.2, 0.25) is 10.0 Å². The Morgan fingerprint density at radius 2 is 1.48 bits per heavy atom. The van der Waals surface area contributed by atoms with Crippen LogP contribution in [0.3, 0.4) is 0 Å². The summed E-state index contributed by atoms with van der Waals surface area (Å²) in [7, 11) is -1.36. The van der Waals surface area contributed by atoms with Crippen LogP contribution in [0.4, 0.5) is 13.2 Å². The summed E-state index contributed by atoms with van der Waals surface area (Å²) in [4.78, 5) is -0.145. The highest BCUT2D eigenvalue weighted by Crippen LogP contribution is 2.33. The second kappa shape index (κ2) is 8.99. The minimum Gasteiger partial charge on any atom is -0.497 e. The van der Waals surface area contributed by atoms with Crippen LogP contribution in [0.2, 0.25) is 0 Å². The quantitative estimate of drug-likeness (QED) is 0.559.